The third-order valence-electron chi connectivity index (χ3n) is 3.28. The summed E-state index contributed by atoms with van der Waals surface area (Å²) in [6.45, 7) is 6.19. The molecule has 3 nitrogen and oxygen atoms in total. The molecule has 3 heteroatoms. The van der Waals surface area contributed by atoms with Gasteiger partial charge in [-0.25, -0.2) is 0 Å². The molecule has 0 amide bonds. The number of rotatable bonds is 4. The van der Waals surface area contributed by atoms with E-state index in [-0.39, 0.29) is 12.7 Å². The minimum absolute atomic E-state index is 0.213. The van der Waals surface area contributed by atoms with E-state index in [1.165, 1.54) is 0 Å². The van der Waals surface area contributed by atoms with E-state index in [4.69, 9.17) is 5.11 Å². The zero-order valence-electron chi connectivity index (χ0n) is 9.32. The van der Waals surface area contributed by atoms with Gasteiger partial charge in [0, 0.05) is 25.7 Å². The van der Waals surface area contributed by atoms with Gasteiger partial charge in [-0.2, -0.15) is 0 Å². The normalized spacial score (nSPS) is 31.7. The van der Waals surface area contributed by atoms with E-state index >= 15 is 0 Å². The fraction of sp³-hybridized carbons (Fsp3) is 1.00. The Hall–Kier alpha value is -0.120. The second-order valence-electron chi connectivity index (χ2n) is 4.49. The van der Waals surface area contributed by atoms with Gasteiger partial charge in [0.15, 0.2) is 0 Å². The van der Waals surface area contributed by atoms with Crippen molar-refractivity contribution in [3.8, 4) is 0 Å². The van der Waals surface area contributed by atoms with Gasteiger partial charge in [0.2, 0.25) is 0 Å². The lowest BCUT2D eigenvalue weighted by Crippen LogP contribution is -2.46. The van der Waals surface area contributed by atoms with Crippen molar-refractivity contribution in [1.29, 1.82) is 0 Å². The van der Waals surface area contributed by atoms with Crippen molar-refractivity contribution in [2.24, 2.45) is 5.92 Å². The Labute approximate surface area is 86.7 Å². The first-order valence-electron chi connectivity index (χ1n) is 5.70. The summed E-state index contributed by atoms with van der Waals surface area (Å²) in [6.07, 6.45) is 2.86. The van der Waals surface area contributed by atoms with Gasteiger partial charge >= 0.3 is 0 Å². The first-order valence-corrected chi connectivity index (χ1v) is 5.70. The molecule has 1 fully saturated rings. The topological polar surface area (TPSA) is 43.7 Å². The minimum Gasteiger partial charge on any atom is -0.396 e. The van der Waals surface area contributed by atoms with Crippen LogP contribution in [0.1, 0.15) is 33.1 Å². The fourth-order valence-corrected chi connectivity index (χ4v) is 2.07. The highest BCUT2D eigenvalue weighted by atomic mass is 16.3. The zero-order valence-corrected chi connectivity index (χ0v) is 9.32. The molecule has 2 N–H and O–H groups in total. The van der Waals surface area contributed by atoms with Crippen molar-refractivity contribution >= 4 is 0 Å². The fourth-order valence-electron chi connectivity index (χ4n) is 2.07. The molecule has 0 spiro atoms. The van der Waals surface area contributed by atoms with Crippen LogP contribution >= 0.6 is 0 Å². The molecule has 1 rings (SSSR count). The Morgan fingerprint density at radius 1 is 1.43 bits per heavy atom. The van der Waals surface area contributed by atoms with Crippen LogP contribution in [0.2, 0.25) is 0 Å². The second kappa shape index (κ2) is 5.69. The summed E-state index contributed by atoms with van der Waals surface area (Å²) in [4.78, 5) is 2.30. The van der Waals surface area contributed by atoms with Crippen molar-refractivity contribution < 1.29 is 10.2 Å². The smallest absolute Gasteiger partial charge is 0.0664 e. The number of hydrogen-bond donors (Lipinski definition) is 2. The van der Waals surface area contributed by atoms with Crippen molar-refractivity contribution in [2.45, 2.75) is 45.3 Å². The van der Waals surface area contributed by atoms with E-state index in [2.05, 4.69) is 11.8 Å². The second-order valence-corrected chi connectivity index (χ2v) is 4.49. The van der Waals surface area contributed by atoms with Crippen LogP contribution < -0.4 is 0 Å². The molecule has 84 valence electrons. The van der Waals surface area contributed by atoms with Crippen molar-refractivity contribution in [2.75, 3.05) is 19.7 Å². The summed E-state index contributed by atoms with van der Waals surface area (Å²) in [6, 6.07) is 0.555. The van der Waals surface area contributed by atoms with Crippen LogP contribution in [0.15, 0.2) is 0 Å². The van der Waals surface area contributed by atoms with Gasteiger partial charge in [0.1, 0.15) is 0 Å². The van der Waals surface area contributed by atoms with Gasteiger partial charge in [0.25, 0.3) is 0 Å². The zero-order chi connectivity index (χ0) is 10.6. The summed E-state index contributed by atoms with van der Waals surface area (Å²) < 4.78 is 0. The van der Waals surface area contributed by atoms with Crippen LogP contribution in [-0.2, 0) is 0 Å². The summed E-state index contributed by atoms with van der Waals surface area (Å²) >= 11 is 0. The molecular formula is C11H23NO2. The van der Waals surface area contributed by atoms with Gasteiger partial charge in [-0.15, -0.1) is 0 Å². The number of β-amino-alcohol motifs (C(OH)–C–C–N with tert-alkyl or cyclic N) is 1. The Balaban J connectivity index is 2.40. The number of hydrogen-bond acceptors (Lipinski definition) is 3. The van der Waals surface area contributed by atoms with Gasteiger partial charge in [-0.3, -0.25) is 4.90 Å². The minimum atomic E-state index is -0.213. The maximum atomic E-state index is 9.58. The molecule has 3 atom stereocenters. The third-order valence-corrected chi connectivity index (χ3v) is 3.28. The van der Waals surface area contributed by atoms with Crippen LogP contribution in [0.3, 0.4) is 0 Å². The first-order chi connectivity index (χ1) is 6.67. The van der Waals surface area contributed by atoms with Gasteiger partial charge in [-0.1, -0.05) is 6.92 Å². The molecule has 14 heavy (non-hydrogen) atoms. The maximum Gasteiger partial charge on any atom is 0.0664 e. The number of likely N-dealkylation sites (tertiary alicyclic amines) is 1. The van der Waals surface area contributed by atoms with Gasteiger partial charge in [0.05, 0.1) is 6.10 Å². The number of aliphatic hydroxyl groups is 2. The van der Waals surface area contributed by atoms with Crippen LogP contribution in [0.4, 0.5) is 0 Å². The largest absolute Gasteiger partial charge is 0.396 e. The van der Waals surface area contributed by atoms with E-state index in [1.54, 1.807) is 0 Å². The Morgan fingerprint density at radius 3 is 2.71 bits per heavy atom. The molecule has 1 aliphatic rings. The lowest BCUT2D eigenvalue weighted by Gasteiger charge is -2.38. The monoisotopic (exact) mass is 201 g/mol. The molecule has 0 unspecified atom stereocenters. The van der Waals surface area contributed by atoms with Crippen LogP contribution in [0.5, 0.6) is 0 Å². The van der Waals surface area contributed by atoms with Crippen LogP contribution in [-0.4, -0.2) is 47.0 Å². The highest BCUT2D eigenvalue weighted by Crippen LogP contribution is 2.21. The lowest BCUT2D eigenvalue weighted by molar-refractivity contribution is 0.0376. The number of nitrogens with zero attached hydrogens (tertiary/aromatic N) is 1. The maximum absolute atomic E-state index is 9.58. The Morgan fingerprint density at radius 2 is 2.14 bits per heavy atom. The van der Waals surface area contributed by atoms with Crippen LogP contribution in [0, 0.1) is 5.92 Å². The Bertz CT molecular complexity index is 161. The predicted octanol–water partition coefficient (Wildman–Crippen LogP) is 0.850. The highest BCUT2D eigenvalue weighted by molar-refractivity contribution is 4.79. The SMILES string of the molecule is CC[C@H](O)CN1C[C@@H](CO)CC[C@@H]1C. The molecule has 0 aromatic heterocycles. The highest BCUT2D eigenvalue weighted by Gasteiger charge is 2.25. The number of aliphatic hydroxyl groups excluding tert-OH is 2. The third kappa shape index (κ3) is 3.23. The molecule has 1 heterocycles. The van der Waals surface area contributed by atoms with E-state index in [9.17, 15) is 5.11 Å². The molecule has 1 saturated heterocycles. The molecular weight excluding hydrogens is 178 g/mol. The molecule has 0 aliphatic carbocycles. The van der Waals surface area contributed by atoms with E-state index in [0.717, 1.165) is 32.4 Å². The van der Waals surface area contributed by atoms with Gasteiger partial charge in [-0.05, 0) is 32.1 Å². The molecule has 0 bridgehead atoms. The summed E-state index contributed by atoms with van der Waals surface area (Å²) in [5, 5.41) is 18.7. The standard InChI is InChI=1S/C11H23NO2/c1-3-11(14)7-12-6-10(8-13)5-4-9(12)2/h9-11,13-14H,3-8H2,1-2H3/t9-,10-,11-/m0/s1. The molecule has 1 aliphatic heterocycles. The first kappa shape index (κ1) is 12.0. The molecule has 0 saturated carbocycles. The van der Waals surface area contributed by atoms with Crippen LogP contribution in [0.25, 0.3) is 0 Å². The summed E-state index contributed by atoms with van der Waals surface area (Å²) in [5.74, 6) is 0.412. The molecule has 0 aromatic rings. The summed E-state index contributed by atoms with van der Waals surface area (Å²) in [5.41, 5.74) is 0. The quantitative estimate of drug-likeness (QED) is 0.708. The van der Waals surface area contributed by atoms with Crippen molar-refractivity contribution in [3.63, 3.8) is 0 Å². The molecule has 0 aromatic carbocycles. The molecule has 0 radical (unpaired) electrons. The van der Waals surface area contributed by atoms with Crippen molar-refractivity contribution in [3.05, 3.63) is 0 Å². The van der Waals surface area contributed by atoms with Crippen molar-refractivity contribution in [1.82, 2.24) is 4.90 Å². The average Bonchev–Trinajstić information content (AvgIpc) is 2.21. The van der Waals surface area contributed by atoms with Gasteiger partial charge < -0.3 is 10.2 Å². The lowest BCUT2D eigenvalue weighted by atomic mass is 9.94. The van der Waals surface area contributed by atoms with E-state index in [1.807, 2.05) is 6.92 Å². The Kier molecular flexibility index (Phi) is 4.85. The number of piperidine rings is 1. The predicted molar refractivity (Wildman–Crippen MR) is 57.1 cm³/mol. The van der Waals surface area contributed by atoms with E-state index in [0.29, 0.717) is 12.0 Å². The average molecular weight is 201 g/mol. The van der Waals surface area contributed by atoms with E-state index < -0.39 is 0 Å². The summed E-state index contributed by atoms with van der Waals surface area (Å²) in [7, 11) is 0.